The van der Waals surface area contributed by atoms with E-state index in [1.807, 2.05) is 16.7 Å². The molecule has 4 heteroatoms. The molecule has 0 radical (unpaired) electrons. The van der Waals surface area contributed by atoms with Gasteiger partial charge in [0.1, 0.15) is 5.82 Å². The summed E-state index contributed by atoms with van der Waals surface area (Å²) in [7, 11) is 0. The summed E-state index contributed by atoms with van der Waals surface area (Å²) in [6, 6.07) is 14.6. The van der Waals surface area contributed by atoms with E-state index in [0.717, 1.165) is 17.9 Å². The molecule has 0 saturated heterocycles. The predicted octanol–water partition coefficient (Wildman–Crippen LogP) is 3.65. The van der Waals surface area contributed by atoms with Gasteiger partial charge < -0.3 is 0 Å². The molecule has 0 atom stereocenters. The van der Waals surface area contributed by atoms with Crippen molar-refractivity contribution in [1.82, 2.24) is 14.8 Å². The summed E-state index contributed by atoms with van der Waals surface area (Å²) in [5.41, 5.74) is 1.06. The van der Waals surface area contributed by atoms with Crippen LogP contribution in [0.15, 0.2) is 42.5 Å². The van der Waals surface area contributed by atoms with Gasteiger partial charge in [-0.2, -0.15) is 5.10 Å². The van der Waals surface area contributed by atoms with E-state index < -0.39 is 0 Å². The Bertz CT molecular complexity index is 755. The van der Waals surface area contributed by atoms with Crippen LogP contribution in [-0.4, -0.2) is 14.8 Å². The number of benzene rings is 2. The number of aryl methyl sites for hydroxylation is 1. The average molecular weight is 255 g/mol. The molecule has 0 amide bonds. The molecule has 0 bridgehead atoms. The first kappa shape index (κ1) is 11.2. The fourth-order valence-electron chi connectivity index (χ4n) is 2.15. The first-order valence-electron chi connectivity index (χ1n) is 5.95. The summed E-state index contributed by atoms with van der Waals surface area (Å²) in [6.07, 6.45) is 0.847. The zero-order chi connectivity index (χ0) is 12.5. The van der Waals surface area contributed by atoms with Crippen molar-refractivity contribution in [3.05, 3.63) is 53.1 Å². The third-order valence-electron chi connectivity index (χ3n) is 3.05. The molecule has 1 N–H and O–H groups in total. The van der Waals surface area contributed by atoms with Gasteiger partial charge in [0.05, 0.1) is 5.69 Å². The fourth-order valence-corrected chi connectivity index (χ4v) is 2.41. The van der Waals surface area contributed by atoms with Gasteiger partial charge in [-0.3, -0.25) is 9.67 Å². The number of aromatic amines is 1. The molecule has 18 heavy (non-hydrogen) atoms. The molecule has 0 aliphatic rings. The molecule has 2 aromatic carbocycles. The van der Waals surface area contributed by atoms with E-state index >= 15 is 0 Å². The molecule has 0 saturated carbocycles. The molecule has 3 aromatic rings. The lowest BCUT2D eigenvalue weighted by Crippen LogP contribution is -2.00. The minimum absolute atomic E-state index is 0.641. The quantitative estimate of drug-likeness (QED) is 0.709. The number of rotatable bonds is 2. The Kier molecular flexibility index (Phi) is 2.72. The largest absolute Gasteiger partial charge is 0.272 e. The van der Waals surface area contributed by atoms with Gasteiger partial charge in [-0.15, -0.1) is 0 Å². The Labute approximate surface area is 110 Å². The number of nitrogens with zero attached hydrogens (tertiary/aromatic N) is 2. The lowest BCUT2D eigenvalue weighted by atomic mass is 10.1. The van der Waals surface area contributed by atoms with Crippen LogP contribution < -0.4 is 0 Å². The Morgan fingerprint density at radius 2 is 1.94 bits per heavy atom. The summed E-state index contributed by atoms with van der Waals surface area (Å²) in [5, 5.41) is 9.53. The number of fused-ring (bicyclic) bond motifs is 1. The van der Waals surface area contributed by atoms with Crippen molar-refractivity contribution < 1.29 is 0 Å². The average Bonchev–Trinajstić information content (AvgIpc) is 2.79. The maximum Gasteiger partial charge on any atom is 0.199 e. The molecule has 0 spiro atoms. The lowest BCUT2D eigenvalue weighted by molar-refractivity contribution is 0.881. The zero-order valence-corrected chi connectivity index (χ0v) is 10.9. The highest BCUT2D eigenvalue weighted by atomic mass is 32.1. The van der Waals surface area contributed by atoms with Crippen molar-refractivity contribution in [2.75, 3.05) is 0 Å². The molecule has 3 rings (SSSR count). The minimum atomic E-state index is 0.641. The van der Waals surface area contributed by atoms with Crippen LogP contribution in [0.1, 0.15) is 12.7 Å². The third-order valence-corrected chi connectivity index (χ3v) is 3.32. The highest BCUT2D eigenvalue weighted by Crippen LogP contribution is 2.19. The van der Waals surface area contributed by atoms with Crippen LogP contribution in [0.4, 0.5) is 0 Å². The summed E-state index contributed by atoms with van der Waals surface area (Å²) in [5.74, 6) is 0.954. The van der Waals surface area contributed by atoms with Gasteiger partial charge in [-0.05, 0) is 35.1 Å². The van der Waals surface area contributed by atoms with Crippen LogP contribution in [0, 0.1) is 4.77 Å². The van der Waals surface area contributed by atoms with E-state index in [-0.39, 0.29) is 0 Å². The summed E-state index contributed by atoms with van der Waals surface area (Å²) >= 11 is 5.29. The minimum Gasteiger partial charge on any atom is -0.272 e. The first-order valence-corrected chi connectivity index (χ1v) is 6.36. The lowest BCUT2D eigenvalue weighted by Gasteiger charge is -2.06. The van der Waals surface area contributed by atoms with Gasteiger partial charge in [0, 0.05) is 6.42 Å². The van der Waals surface area contributed by atoms with Crippen LogP contribution in [0.5, 0.6) is 0 Å². The summed E-state index contributed by atoms with van der Waals surface area (Å²) < 4.78 is 2.63. The Morgan fingerprint density at radius 3 is 2.72 bits per heavy atom. The Morgan fingerprint density at radius 1 is 1.17 bits per heavy atom. The normalized spacial score (nSPS) is 10.9. The summed E-state index contributed by atoms with van der Waals surface area (Å²) in [4.78, 5) is 0. The van der Waals surface area contributed by atoms with Crippen LogP contribution in [-0.2, 0) is 6.42 Å². The van der Waals surface area contributed by atoms with E-state index in [1.165, 1.54) is 10.8 Å². The van der Waals surface area contributed by atoms with Crippen molar-refractivity contribution in [3.63, 3.8) is 0 Å². The number of hydrogen-bond donors (Lipinski definition) is 1. The van der Waals surface area contributed by atoms with Crippen molar-refractivity contribution in [1.29, 1.82) is 0 Å². The number of nitrogens with one attached hydrogen (secondary N) is 1. The predicted molar refractivity (Wildman–Crippen MR) is 75.6 cm³/mol. The maximum absolute atomic E-state index is 5.29. The van der Waals surface area contributed by atoms with Gasteiger partial charge in [-0.1, -0.05) is 37.3 Å². The topological polar surface area (TPSA) is 33.6 Å². The molecule has 0 aliphatic heterocycles. The second-order valence-electron chi connectivity index (χ2n) is 4.17. The highest BCUT2D eigenvalue weighted by molar-refractivity contribution is 7.71. The smallest absolute Gasteiger partial charge is 0.199 e. The van der Waals surface area contributed by atoms with Gasteiger partial charge >= 0.3 is 0 Å². The molecule has 90 valence electrons. The second kappa shape index (κ2) is 4.38. The van der Waals surface area contributed by atoms with E-state index in [9.17, 15) is 0 Å². The van der Waals surface area contributed by atoms with E-state index in [4.69, 9.17) is 12.2 Å². The van der Waals surface area contributed by atoms with Crippen LogP contribution >= 0.6 is 12.2 Å². The van der Waals surface area contributed by atoms with Crippen molar-refractivity contribution in [3.8, 4) is 5.69 Å². The zero-order valence-electron chi connectivity index (χ0n) is 10.1. The number of aromatic nitrogens is 3. The third kappa shape index (κ3) is 1.75. The number of hydrogen-bond acceptors (Lipinski definition) is 2. The van der Waals surface area contributed by atoms with E-state index in [1.54, 1.807) is 0 Å². The van der Waals surface area contributed by atoms with Crippen LogP contribution in [0.25, 0.3) is 16.5 Å². The number of H-pyrrole nitrogens is 1. The maximum atomic E-state index is 5.29. The molecule has 1 heterocycles. The highest BCUT2D eigenvalue weighted by Gasteiger charge is 2.06. The summed E-state index contributed by atoms with van der Waals surface area (Å²) in [6.45, 7) is 2.07. The fraction of sp³-hybridized carbons (Fsp3) is 0.143. The molecular formula is C14H13N3S. The molecular weight excluding hydrogens is 242 g/mol. The van der Waals surface area contributed by atoms with Gasteiger partial charge in [0.2, 0.25) is 0 Å². The molecule has 0 unspecified atom stereocenters. The van der Waals surface area contributed by atoms with Crippen molar-refractivity contribution >= 4 is 23.0 Å². The Hall–Kier alpha value is -1.94. The van der Waals surface area contributed by atoms with Crippen molar-refractivity contribution in [2.24, 2.45) is 0 Å². The van der Waals surface area contributed by atoms with Gasteiger partial charge in [-0.25, -0.2) is 0 Å². The van der Waals surface area contributed by atoms with Gasteiger partial charge in [0.25, 0.3) is 0 Å². The van der Waals surface area contributed by atoms with Crippen LogP contribution in [0.3, 0.4) is 0 Å². The van der Waals surface area contributed by atoms with E-state index in [0.29, 0.717) is 4.77 Å². The standard InChI is InChI=1S/C14H13N3S/c1-2-13-15-16-14(18)17(13)12-8-7-10-5-3-4-6-11(10)9-12/h3-9H,2H2,1H3,(H,16,18). The Balaban J connectivity index is 2.25. The first-order chi connectivity index (χ1) is 8.79. The molecule has 0 aliphatic carbocycles. The van der Waals surface area contributed by atoms with Crippen molar-refractivity contribution in [2.45, 2.75) is 13.3 Å². The van der Waals surface area contributed by atoms with Crippen LogP contribution in [0.2, 0.25) is 0 Å². The molecule has 3 nitrogen and oxygen atoms in total. The molecule has 1 aromatic heterocycles. The van der Waals surface area contributed by atoms with E-state index in [2.05, 4.69) is 47.5 Å². The monoisotopic (exact) mass is 255 g/mol. The SMILES string of the molecule is CCc1n[nH]c(=S)n1-c1ccc2ccccc2c1. The van der Waals surface area contributed by atoms with Gasteiger partial charge in [0.15, 0.2) is 4.77 Å². The second-order valence-corrected chi connectivity index (χ2v) is 4.55. The molecule has 0 fully saturated rings.